The number of hydrogen-bond donors (Lipinski definition) is 0. The van der Waals surface area contributed by atoms with Gasteiger partial charge in [0.25, 0.3) is 0 Å². The van der Waals surface area contributed by atoms with E-state index in [1.54, 1.807) is 6.42 Å². The van der Waals surface area contributed by atoms with Crippen molar-refractivity contribution < 1.29 is 4.79 Å². The predicted octanol–water partition coefficient (Wildman–Crippen LogP) is 2.71. The zero-order chi connectivity index (χ0) is 12.9. The average molecular weight is 278 g/mol. The maximum Gasteiger partial charge on any atom is 0.139 e. The fraction of sp³-hybridized carbons (Fsp3) is 0.950. The van der Waals surface area contributed by atoms with Crippen LogP contribution in [0.5, 0.6) is 0 Å². The van der Waals surface area contributed by atoms with Gasteiger partial charge in [-0.2, -0.15) is 0 Å². The molecule has 9 aliphatic rings. The van der Waals surface area contributed by atoms with Crippen LogP contribution in [0.4, 0.5) is 0 Å². The normalized spacial score (nSPS) is 87.5. The van der Waals surface area contributed by atoms with E-state index in [4.69, 9.17) is 0 Å². The topological polar surface area (TPSA) is 17.1 Å². The van der Waals surface area contributed by atoms with E-state index in [0.29, 0.717) is 11.8 Å². The van der Waals surface area contributed by atoms with Gasteiger partial charge in [0.1, 0.15) is 5.78 Å². The lowest BCUT2D eigenvalue weighted by Crippen LogP contribution is -2.31. The van der Waals surface area contributed by atoms with E-state index in [9.17, 15) is 4.79 Å². The molecule has 0 unspecified atom stereocenters. The molecule has 0 aromatic rings. The molecule has 9 aliphatic carbocycles. The fourth-order valence-electron chi connectivity index (χ4n) is 12.7. The second kappa shape index (κ2) is 2.38. The molecule has 0 aromatic carbocycles. The summed E-state index contributed by atoms with van der Waals surface area (Å²) < 4.78 is 0. The zero-order valence-electron chi connectivity index (χ0n) is 12.3. The van der Waals surface area contributed by atoms with E-state index in [1.165, 1.54) is 18.8 Å². The van der Waals surface area contributed by atoms with Crippen molar-refractivity contribution in [2.24, 2.45) is 94.7 Å². The van der Waals surface area contributed by atoms with Crippen molar-refractivity contribution in [1.29, 1.82) is 0 Å². The average Bonchev–Trinajstić information content (AvgIpc) is 3.17. The van der Waals surface area contributed by atoms with Gasteiger partial charge in [-0.05, 0) is 102 Å². The summed E-state index contributed by atoms with van der Waals surface area (Å²) in [5.41, 5.74) is 0. The van der Waals surface area contributed by atoms with Gasteiger partial charge in [-0.25, -0.2) is 0 Å². The van der Waals surface area contributed by atoms with Crippen LogP contribution in [0.3, 0.4) is 0 Å². The number of rotatable bonds is 0. The summed E-state index contributed by atoms with van der Waals surface area (Å²) in [6, 6.07) is 0. The molecule has 0 heterocycles. The molecular weight excluding hydrogens is 256 g/mol. The highest BCUT2D eigenvalue weighted by Gasteiger charge is 2.88. The maximum atomic E-state index is 13.3. The van der Waals surface area contributed by atoms with Crippen LogP contribution in [-0.4, -0.2) is 5.78 Å². The Hall–Kier alpha value is -0.330. The molecule has 0 aliphatic heterocycles. The molecule has 0 N–H and O–H groups in total. The molecule has 0 radical (unpaired) electrons. The van der Waals surface area contributed by atoms with E-state index in [0.717, 1.165) is 82.7 Å². The Kier molecular flexibility index (Phi) is 1.10. The van der Waals surface area contributed by atoms with Gasteiger partial charge in [0.15, 0.2) is 0 Å². The maximum absolute atomic E-state index is 13.3. The van der Waals surface area contributed by atoms with Crippen molar-refractivity contribution in [3.8, 4) is 0 Å². The highest BCUT2D eigenvalue weighted by Crippen LogP contribution is 2.91. The first-order valence-electron chi connectivity index (χ1n) is 9.91. The van der Waals surface area contributed by atoms with Gasteiger partial charge in [0.2, 0.25) is 0 Å². The van der Waals surface area contributed by atoms with E-state index in [2.05, 4.69) is 0 Å². The fourth-order valence-corrected chi connectivity index (χ4v) is 12.7. The summed E-state index contributed by atoms with van der Waals surface area (Å²) in [6.45, 7) is 0. The quantitative estimate of drug-likeness (QED) is 0.666. The third-order valence-corrected chi connectivity index (χ3v) is 11.6. The molecule has 9 rings (SSSR count). The Morgan fingerprint density at radius 1 is 0.571 bits per heavy atom. The SMILES string of the molecule is O=C1[C@@H]2[C@@H]3[C@@H]4[C@@H]5[C@@H]6[C@@H](C[C@@H]1[C@H]63)[C@H]1[C@@H]3CC[C@@H]6[C@@H]3[C@H]([C@H]15)[C@@H]4[C@@H]62. The van der Waals surface area contributed by atoms with Crippen molar-refractivity contribution in [2.75, 3.05) is 0 Å². The van der Waals surface area contributed by atoms with Crippen LogP contribution in [0.25, 0.3) is 0 Å². The Balaban J connectivity index is 1.48. The van der Waals surface area contributed by atoms with Gasteiger partial charge < -0.3 is 0 Å². The standard InChI is InChI=1S/C20H22O/c21-20-7-3-6-9-4-1-2-5-8(4)13-14(9)16-11(6)12(7)17-18(16)15(13)10(5)19(17)20/h4-19H,1-3H2/t4-,5-,6+,7-,8-,9-,10-,11-,12-,13-,14+,15+,16-,17+,18+,19+/m1/s1. The van der Waals surface area contributed by atoms with Gasteiger partial charge >= 0.3 is 0 Å². The Morgan fingerprint density at radius 3 is 2.05 bits per heavy atom. The molecule has 0 spiro atoms. The summed E-state index contributed by atoms with van der Waals surface area (Å²) in [5.74, 6) is 16.8. The summed E-state index contributed by atoms with van der Waals surface area (Å²) in [5, 5.41) is 0. The lowest BCUT2D eigenvalue weighted by Gasteiger charge is -2.31. The van der Waals surface area contributed by atoms with Gasteiger partial charge in [-0.3, -0.25) is 4.79 Å². The molecule has 16 atom stereocenters. The Morgan fingerprint density at radius 2 is 1.19 bits per heavy atom. The largest absolute Gasteiger partial charge is 0.299 e. The molecule has 0 saturated heterocycles. The highest BCUT2D eigenvalue weighted by atomic mass is 16.1. The summed E-state index contributed by atoms with van der Waals surface area (Å²) in [6.07, 6.45) is 4.46. The number of ketones is 1. The third kappa shape index (κ3) is 0.606. The highest BCUT2D eigenvalue weighted by molar-refractivity contribution is 5.88. The second-order valence-electron chi connectivity index (χ2n) is 10.7. The third-order valence-electron chi connectivity index (χ3n) is 11.6. The molecule has 9 fully saturated rings. The zero-order valence-corrected chi connectivity index (χ0v) is 12.3. The minimum Gasteiger partial charge on any atom is -0.299 e. The van der Waals surface area contributed by atoms with Crippen LogP contribution < -0.4 is 0 Å². The molecule has 9 saturated carbocycles. The van der Waals surface area contributed by atoms with E-state index >= 15 is 0 Å². The number of hydrogen-bond acceptors (Lipinski definition) is 1. The van der Waals surface area contributed by atoms with Crippen molar-refractivity contribution in [3.05, 3.63) is 0 Å². The molecule has 1 heteroatoms. The summed E-state index contributed by atoms with van der Waals surface area (Å²) in [7, 11) is 0. The van der Waals surface area contributed by atoms with Crippen LogP contribution in [0.15, 0.2) is 0 Å². The van der Waals surface area contributed by atoms with Crippen LogP contribution in [0.1, 0.15) is 19.3 Å². The first-order chi connectivity index (χ1) is 10.4. The number of fused-ring (bicyclic) bond motifs is 4. The van der Waals surface area contributed by atoms with Crippen LogP contribution in [0.2, 0.25) is 0 Å². The molecule has 108 valence electrons. The smallest absolute Gasteiger partial charge is 0.139 e. The molecule has 0 aromatic heterocycles. The van der Waals surface area contributed by atoms with Gasteiger partial charge in [0.05, 0.1) is 0 Å². The van der Waals surface area contributed by atoms with Crippen LogP contribution in [-0.2, 0) is 4.79 Å². The molecule has 0 bridgehead atoms. The van der Waals surface area contributed by atoms with Crippen molar-refractivity contribution in [1.82, 2.24) is 0 Å². The molecule has 0 amide bonds. The van der Waals surface area contributed by atoms with Crippen LogP contribution in [0, 0.1) is 94.7 Å². The van der Waals surface area contributed by atoms with Crippen molar-refractivity contribution >= 4 is 5.78 Å². The number of carbonyl (C=O) groups is 1. The lowest BCUT2D eigenvalue weighted by molar-refractivity contribution is -0.126. The minimum atomic E-state index is 0.569. The van der Waals surface area contributed by atoms with E-state index in [-0.39, 0.29) is 0 Å². The van der Waals surface area contributed by atoms with Gasteiger partial charge in [-0.1, -0.05) is 0 Å². The monoisotopic (exact) mass is 278 g/mol. The Labute approximate surface area is 125 Å². The van der Waals surface area contributed by atoms with Crippen molar-refractivity contribution in [3.63, 3.8) is 0 Å². The second-order valence-corrected chi connectivity index (χ2v) is 10.7. The summed E-state index contributed by atoms with van der Waals surface area (Å²) >= 11 is 0. The van der Waals surface area contributed by atoms with Gasteiger partial charge in [0, 0.05) is 11.8 Å². The Bertz CT molecular complexity index is 658. The first-order valence-corrected chi connectivity index (χ1v) is 9.91. The van der Waals surface area contributed by atoms with Crippen molar-refractivity contribution in [2.45, 2.75) is 19.3 Å². The predicted molar refractivity (Wildman–Crippen MR) is 74.7 cm³/mol. The summed E-state index contributed by atoms with van der Waals surface area (Å²) in [4.78, 5) is 13.3. The van der Waals surface area contributed by atoms with E-state index < -0.39 is 0 Å². The minimum absolute atomic E-state index is 0.569. The molecule has 21 heavy (non-hydrogen) atoms. The lowest BCUT2D eigenvalue weighted by atomic mass is 9.73. The molecule has 1 nitrogen and oxygen atoms in total. The molecular formula is C20H22O. The number of Topliss-reactive ketones (excluding diaryl/α,β-unsaturated/α-hetero) is 1. The van der Waals surface area contributed by atoms with Crippen LogP contribution >= 0.6 is 0 Å². The first kappa shape index (κ1) is 9.73. The van der Waals surface area contributed by atoms with E-state index in [1.807, 2.05) is 0 Å². The number of carbonyl (C=O) groups excluding carboxylic acids is 1. The van der Waals surface area contributed by atoms with Gasteiger partial charge in [-0.15, -0.1) is 0 Å².